The van der Waals surface area contributed by atoms with Crippen molar-refractivity contribution >= 4 is 55.1 Å². The van der Waals surface area contributed by atoms with Crippen LogP contribution < -0.4 is 9.62 Å². The number of rotatable bonds is 10. The minimum Gasteiger partial charge on any atom is -0.352 e. The molecule has 0 unspecified atom stereocenters. The second kappa shape index (κ2) is 13.7. The van der Waals surface area contributed by atoms with Crippen molar-refractivity contribution in [3.8, 4) is 0 Å². The molecule has 212 valence electrons. The van der Waals surface area contributed by atoms with Gasteiger partial charge in [-0.25, -0.2) is 8.42 Å². The van der Waals surface area contributed by atoms with E-state index < -0.39 is 28.5 Å². The third kappa shape index (κ3) is 7.65. The maximum Gasteiger partial charge on any atom is 0.264 e. The minimum atomic E-state index is -4.11. The van der Waals surface area contributed by atoms with Crippen molar-refractivity contribution < 1.29 is 18.0 Å². The SMILES string of the molecule is C[C@@H](C(=O)NC1CCCCC1)N(Cc1ccc(Br)cc1)C(=O)CN(c1ccc(Cl)cc1)S(=O)(=O)c1ccccc1. The molecule has 0 heterocycles. The van der Waals surface area contributed by atoms with Gasteiger partial charge in [-0.2, -0.15) is 0 Å². The number of amides is 2. The standard InChI is InChI=1S/C30H33BrClN3O4S/c1-22(30(37)33-26-8-4-2-5-9-26)34(20-23-12-14-24(31)15-13-23)29(36)21-35(27-18-16-25(32)17-19-27)40(38,39)28-10-6-3-7-11-28/h3,6-7,10-19,22,26H,2,4-5,8-9,20-21H2,1H3,(H,33,37)/t22-/m0/s1. The predicted molar refractivity (Wildman–Crippen MR) is 162 cm³/mol. The van der Waals surface area contributed by atoms with Crippen LogP contribution in [0.5, 0.6) is 0 Å². The molecule has 3 aromatic carbocycles. The molecule has 0 spiro atoms. The molecule has 1 aliphatic carbocycles. The van der Waals surface area contributed by atoms with Gasteiger partial charge < -0.3 is 10.2 Å². The molecular formula is C30H33BrClN3O4S. The second-order valence-electron chi connectivity index (χ2n) is 9.97. The van der Waals surface area contributed by atoms with Crippen molar-refractivity contribution in [3.63, 3.8) is 0 Å². The van der Waals surface area contributed by atoms with Gasteiger partial charge in [0.15, 0.2) is 0 Å². The fraction of sp³-hybridized carbons (Fsp3) is 0.333. The number of sulfonamides is 1. The molecule has 4 rings (SSSR count). The highest BCUT2D eigenvalue weighted by atomic mass is 79.9. The van der Waals surface area contributed by atoms with Crippen LogP contribution in [0.15, 0.2) is 88.2 Å². The van der Waals surface area contributed by atoms with Crippen LogP contribution in [-0.2, 0) is 26.2 Å². The van der Waals surface area contributed by atoms with Gasteiger partial charge in [-0.15, -0.1) is 0 Å². The number of hydrogen-bond donors (Lipinski definition) is 1. The maximum atomic E-state index is 14.0. The van der Waals surface area contributed by atoms with Crippen molar-refractivity contribution in [2.45, 2.75) is 62.6 Å². The first kappa shape index (κ1) is 30.1. The number of halogens is 2. The highest BCUT2D eigenvalue weighted by Crippen LogP contribution is 2.26. The van der Waals surface area contributed by atoms with Crippen LogP contribution in [0.2, 0.25) is 5.02 Å². The quantitative estimate of drug-likeness (QED) is 0.286. The lowest BCUT2D eigenvalue weighted by atomic mass is 9.95. The van der Waals surface area contributed by atoms with Crippen molar-refractivity contribution in [2.75, 3.05) is 10.8 Å². The summed E-state index contributed by atoms with van der Waals surface area (Å²) >= 11 is 9.50. The zero-order valence-corrected chi connectivity index (χ0v) is 25.5. The number of nitrogens with one attached hydrogen (secondary N) is 1. The van der Waals surface area contributed by atoms with E-state index in [0.717, 1.165) is 46.4 Å². The van der Waals surface area contributed by atoms with Crippen LogP contribution in [0, 0.1) is 0 Å². The van der Waals surface area contributed by atoms with Gasteiger partial charge in [-0.05, 0) is 73.9 Å². The summed E-state index contributed by atoms with van der Waals surface area (Å²) in [4.78, 5) is 28.8. The molecule has 40 heavy (non-hydrogen) atoms. The molecule has 7 nitrogen and oxygen atoms in total. The normalized spacial score (nSPS) is 14.8. The van der Waals surface area contributed by atoms with Gasteiger partial charge in [0, 0.05) is 22.1 Å². The zero-order valence-electron chi connectivity index (χ0n) is 22.3. The smallest absolute Gasteiger partial charge is 0.264 e. The molecule has 0 aliphatic heterocycles. The van der Waals surface area contributed by atoms with Gasteiger partial charge in [0.25, 0.3) is 10.0 Å². The summed E-state index contributed by atoms with van der Waals surface area (Å²) in [6, 6.07) is 21.0. The fourth-order valence-corrected chi connectivity index (χ4v) is 6.62. The van der Waals surface area contributed by atoms with Crippen LogP contribution >= 0.6 is 27.5 Å². The van der Waals surface area contributed by atoms with Gasteiger partial charge in [0.05, 0.1) is 10.6 Å². The van der Waals surface area contributed by atoms with Gasteiger partial charge in [0.2, 0.25) is 11.8 Å². The average Bonchev–Trinajstić information content (AvgIpc) is 2.96. The van der Waals surface area contributed by atoms with E-state index in [4.69, 9.17) is 11.6 Å². The molecule has 1 N–H and O–H groups in total. The molecule has 1 fully saturated rings. The minimum absolute atomic E-state index is 0.0558. The van der Waals surface area contributed by atoms with E-state index >= 15 is 0 Å². The number of benzene rings is 3. The molecule has 10 heteroatoms. The largest absolute Gasteiger partial charge is 0.352 e. The summed E-state index contributed by atoms with van der Waals surface area (Å²) in [5.74, 6) is -0.745. The van der Waals surface area contributed by atoms with Crippen LogP contribution in [0.4, 0.5) is 5.69 Å². The van der Waals surface area contributed by atoms with E-state index in [0.29, 0.717) is 10.7 Å². The second-order valence-corrected chi connectivity index (χ2v) is 13.2. The number of carbonyl (C=O) groups is 2. The van der Waals surface area contributed by atoms with Gasteiger partial charge in [-0.1, -0.05) is 77.1 Å². The maximum absolute atomic E-state index is 14.0. The molecule has 0 aromatic heterocycles. The molecule has 3 aromatic rings. The monoisotopic (exact) mass is 645 g/mol. The molecule has 2 amide bonds. The van der Waals surface area contributed by atoms with Crippen molar-refractivity contribution in [1.29, 1.82) is 0 Å². The summed E-state index contributed by atoms with van der Waals surface area (Å²) < 4.78 is 29.5. The lowest BCUT2D eigenvalue weighted by Gasteiger charge is -2.33. The van der Waals surface area contributed by atoms with E-state index in [9.17, 15) is 18.0 Å². The number of anilines is 1. The van der Waals surface area contributed by atoms with Crippen LogP contribution in [0.3, 0.4) is 0 Å². The Kier molecular flexibility index (Phi) is 10.3. The van der Waals surface area contributed by atoms with Crippen LogP contribution in [-0.4, -0.2) is 43.8 Å². The summed E-state index contributed by atoms with van der Waals surface area (Å²) in [5, 5.41) is 3.55. The molecule has 0 saturated heterocycles. The third-order valence-corrected chi connectivity index (χ3v) is 9.68. The topological polar surface area (TPSA) is 86.8 Å². The van der Waals surface area contributed by atoms with E-state index in [1.165, 1.54) is 17.0 Å². The van der Waals surface area contributed by atoms with Crippen LogP contribution in [0.1, 0.15) is 44.6 Å². The first-order valence-corrected chi connectivity index (χ1v) is 15.9. The molecule has 1 atom stereocenters. The van der Waals surface area contributed by atoms with E-state index in [2.05, 4.69) is 21.2 Å². The van der Waals surface area contributed by atoms with E-state index in [-0.39, 0.29) is 23.4 Å². The van der Waals surface area contributed by atoms with E-state index in [1.807, 2.05) is 24.3 Å². The Hall–Kier alpha value is -2.88. The highest BCUT2D eigenvalue weighted by molar-refractivity contribution is 9.10. The number of carbonyl (C=O) groups excluding carboxylic acids is 2. The molecule has 1 aliphatic rings. The summed E-state index contributed by atoms with van der Waals surface area (Å²) in [7, 11) is -4.11. The Bertz CT molecular complexity index is 1400. The van der Waals surface area contributed by atoms with Gasteiger partial charge in [-0.3, -0.25) is 13.9 Å². The Labute approximate surface area is 249 Å². The number of hydrogen-bond acceptors (Lipinski definition) is 4. The first-order valence-electron chi connectivity index (χ1n) is 13.3. The Morgan fingerprint density at radius 2 is 1.57 bits per heavy atom. The Balaban J connectivity index is 1.65. The molecule has 1 saturated carbocycles. The van der Waals surface area contributed by atoms with Crippen LogP contribution in [0.25, 0.3) is 0 Å². The first-order chi connectivity index (χ1) is 19.1. The lowest BCUT2D eigenvalue weighted by Crippen LogP contribution is -2.53. The van der Waals surface area contributed by atoms with Gasteiger partial charge in [0.1, 0.15) is 12.6 Å². The van der Waals surface area contributed by atoms with Crippen molar-refractivity contribution in [2.24, 2.45) is 0 Å². The summed E-state index contributed by atoms with van der Waals surface area (Å²) in [6.07, 6.45) is 5.12. The summed E-state index contributed by atoms with van der Waals surface area (Å²) in [5.41, 5.74) is 1.11. The number of nitrogens with zero attached hydrogens (tertiary/aromatic N) is 2. The third-order valence-electron chi connectivity index (χ3n) is 7.11. The van der Waals surface area contributed by atoms with Crippen molar-refractivity contribution in [1.82, 2.24) is 10.2 Å². The van der Waals surface area contributed by atoms with Crippen molar-refractivity contribution in [3.05, 3.63) is 93.9 Å². The molecular weight excluding hydrogens is 614 g/mol. The summed E-state index contributed by atoms with van der Waals surface area (Å²) in [6.45, 7) is 1.34. The molecule has 0 bridgehead atoms. The Morgan fingerprint density at radius 3 is 2.20 bits per heavy atom. The average molecular weight is 647 g/mol. The predicted octanol–water partition coefficient (Wildman–Crippen LogP) is 6.16. The van der Waals surface area contributed by atoms with Gasteiger partial charge >= 0.3 is 0 Å². The molecule has 0 radical (unpaired) electrons. The lowest BCUT2D eigenvalue weighted by molar-refractivity contribution is -0.139. The zero-order chi connectivity index (χ0) is 28.7. The Morgan fingerprint density at radius 1 is 0.950 bits per heavy atom. The highest BCUT2D eigenvalue weighted by Gasteiger charge is 2.33. The fourth-order valence-electron chi connectivity index (χ4n) is 4.79. The van der Waals surface area contributed by atoms with E-state index in [1.54, 1.807) is 49.4 Å².